The maximum absolute atomic E-state index is 12.2. The molecule has 0 aliphatic carbocycles. The van der Waals surface area contributed by atoms with E-state index in [0.29, 0.717) is 6.42 Å². The van der Waals surface area contributed by atoms with Crippen molar-refractivity contribution in [3.63, 3.8) is 0 Å². The lowest BCUT2D eigenvalue weighted by Crippen LogP contribution is -2.51. The minimum Gasteiger partial charge on any atom is -0.358 e. The smallest absolute Gasteiger partial charge is 0.243 e. The van der Waals surface area contributed by atoms with Gasteiger partial charge in [0.2, 0.25) is 17.7 Å². The molecule has 7 nitrogen and oxygen atoms in total. The van der Waals surface area contributed by atoms with Gasteiger partial charge in [0, 0.05) is 13.5 Å². The van der Waals surface area contributed by atoms with E-state index in [1.165, 1.54) is 7.05 Å². The molecular weight excluding hydrogens is 284 g/mol. The molecule has 4 N–H and O–H groups in total. The predicted octanol–water partition coefficient (Wildman–Crippen LogP) is -1.20. The van der Waals surface area contributed by atoms with Gasteiger partial charge in [-0.1, -0.05) is 30.3 Å². The van der Waals surface area contributed by atoms with Crippen LogP contribution < -0.4 is 21.3 Å². The number of carbonyl (C=O) groups is 3. The molecule has 1 rings (SSSR count). The zero-order valence-corrected chi connectivity index (χ0v) is 12.8. The van der Waals surface area contributed by atoms with Gasteiger partial charge >= 0.3 is 0 Å². The van der Waals surface area contributed by atoms with E-state index < -0.39 is 11.9 Å². The standard InChI is InChI=1S/C15H22N4O3/c1-16-9-14(21)19-12(8-11-6-4-3-5-7-11)15(22)18-10-13(20)17-2/h3-7,12,16H,8-10H2,1-2H3,(H,17,20)(H,18,22)(H,19,21). The van der Waals surface area contributed by atoms with Gasteiger partial charge in [-0.25, -0.2) is 0 Å². The lowest BCUT2D eigenvalue weighted by molar-refractivity contribution is -0.130. The van der Waals surface area contributed by atoms with Gasteiger partial charge in [-0.2, -0.15) is 0 Å². The number of nitrogens with one attached hydrogen (secondary N) is 4. The molecule has 0 aliphatic rings. The molecule has 0 heterocycles. The average Bonchev–Trinajstić information content (AvgIpc) is 2.52. The molecule has 0 saturated heterocycles. The van der Waals surface area contributed by atoms with Crippen LogP contribution in [0.5, 0.6) is 0 Å². The van der Waals surface area contributed by atoms with Crippen LogP contribution in [0.4, 0.5) is 0 Å². The van der Waals surface area contributed by atoms with Gasteiger partial charge in [-0.05, 0) is 12.6 Å². The summed E-state index contributed by atoms with van der Waals surface area (Å²) >= 11 is 0. The molecule has 22 heavy (non-hydrogen) atoms. The highest BCUT2D eigenvalue weighted by atomic mass is 16.2. The number of amides is 3. The zero-order valence-electron chi connectivity index (χ0n) is 12.8. The molecule has 1 aromatic carbocycles. The third-order valence-corrected chi connectivity index (χ3v) is 2.97. The molecule has 1 atom stereocenters. The van der Waals surface area contributed by atoms with E-state index in [2.05, 4.69) is 21.3 Å². The van der Waals surface area contributed by atoms with Crippen LogP contribution in [0.15, 0.2) is 30.3 Å². The molecule has 3 amide bonds. The topological polar surface area (TPSA) is 99.3 Å². The van der Waals surface area contributed by atoms with E-state index in [1.807, 2.05) is 30.3 Å². The van der Waals surface area contributed by atoms with Crippen LogP contribution in [-0.2, 0) is 20.8 Å². The van der Waals surface area contributed by atoms with Crippen molar-refractivity contribution in [3.8, 4) is 0 Å². The first-order chi connectivity index (χ1) is 10.6. The summed E-state index contributed by atoms with van der Waals surface area (Å²) in [4.78, 5) is 35.1. The minimum atomic E-state index is -0.729. The fourth-order valence-corrected chi connectivity index (χ4v) is 1.84. The van der Waals surface area contributed by atoms with Crippen molar-refractivity contribution in [2.75, 3.05) is 27.2 Å². The van der Waals surface area contributed by atoms with Gasteiger partial charge in [-0.15, -0.1) is 0 Å². The maximum atomic E-state index is 12.2. The quantitative estimate of drug-likeness (QED) is 0.484. The van der Waals surface area contributed by atoms with Crippen molar-refractivity contribution in [3.05, 3.63) is 35.9 Å². The molecule has 1 unspecified atom stereocenters. The first-order valence-corrected chi connectivity index (χ1v) is 7.03. The van der Waals surface area contributed by atoms with Gasteiger partial charge < -0.3 is 21.3 Å². The summed E-state index contributed by atoms with van der Waals surface area (Å²) in [5.41, 5.74) is 0.923. The van der Waals surface area contributed by atoms with E-state index in [-0.39, 0.29) is 24.9 Å². The summed E-state index contributed by atoms with van der Waals surface area (Å²) in [6, 6.07) is 8.64. The van der Waals surface area contributed by atoms with E-state index in [9.17, 15) is 14.4 Å². The first kappa shape index (κ1) is 17.6. The minimum absolute atomic E-state index is 0.119. The first-order valence-electron chi connectivity index (χ1n) is 7.03. The Bertz CT molecular complexity index is 505. The summed E-state index contributed by atoms with van der Waals surface area (Å²) in [5, 5.41) is 10.3. The van der Waals surface area contributed by atoms with Crippen molar-refractivity contribution in [2.24, 2.45) is 0 Å². The highest BCUT2D eigenvalue weighted by molar-refractivity contribution is 5.91. The Morgan fingerprint density at radius 3 is 2.27 bits per heavy atom. The van der Waals surface area contributed by atoms with Crippen molar-refractivity contribution in [2.45, 2.75) is 12.5 Å². The third-order valence-electron chi connectivity index (χ3n) is 2.97. The van der Waals surface area contributed by atoms with E-state index in [1.54, 1.807) is 7.05 Å². The van der Waals surface area contributed by atoms with Crippen LogP contribution in [0.3, 0.4) is 0 Å². The molecule has 0 aliphatic heterocycles. The number of likely N-dealkylation sites (N-methyl/N-ethyl adjacent to an activating group) is 2. The summed E-state index contributed by atoms with van der Waals surface area (Å²) in [6.07, 6.45) is 0.357. The van der Waals surface area contributed by atoms with E-state index >= 15 is 0 Å². The molecule has 1 aromatic rings. The Morgan fingerprint density at radius 1 is 1.00 bits per heavy atom. The Balaban J connectivity index is 2.70. The van der Waals surface area contributed by atoms with Gasteiger partial charge in [-0.3, -0.25) is 14.4 Å². The highest BCUT2D eigenvalue weighted by Crippen LogP contribution is 2.03. The number of rotatable bonds is 8. The Labute approximate surface area is 129 Å². The summed E-state index contributed by atoms with van der Waals surface area (Å²) in [7, 11) is 3.14. The normalized spacial score (nSPS) is 11.4. The van der Waals surface area contributed by atoms with Crippen LogP contribution >= 0.6 is 0 Å². The number of carbonyl (C=O) groups excluding carboxylic acids is 3. The second-order valence-corrected chi connectivity index (χ2v) is 4.73. The van der Waals surface area contributed by atoms with Crippen LogP contribution in [-0.4, -0.2) is 50.9 Å². The molecule has 0 saturated carbocycles. The van der Waals surface area contributed by atoms with Crippen LogP contribution in [0, 0.1) is 0 Å². The molecule has 120 valence electrons. The Hall–Kier alpha value is -2.41. The lowest BCUT2D eigenvalue weighted by atomic mass is 10.1. The molecule has 0 spiro atoms. The van der Waals surface area contributed by atoms with Gasteiger partial charge in [0.15, 0.2) is 0 Å². The zero-order chi connectivity index (χ0) is 16.4. The third kappa shape index (κ3) is 6.36. The fourth-order valence-electron chi connectivity index (χ4n) is 1.84. The average molecular weight is 306 g/mol. The van der Waals surface area contributed by atoms with Crippen LogP contribution in [0.1, 0.15) is 5.56 Å². The summed E-state index contributed by atoms with van der Waals surface area (Å²) in [6.45, 7) is -0.00344. The SMILES string of the molecule is CNCC(=O)NC(Cc1ccccc1)C(=O)NCC(=O)NC. The van der Waals surface area contributed by atoms with Crippen LogP contribution in [0.2, 0.25) is 0 Å². The monoisotopic (exact) mass is 306 g/mol. The van der Waals surface area contributed by atoms with Crippen molar-refractivity contribution < 1.29 is 14.4 Å². The van der Waals surface area contributed by atoms with Crippen molar-refractivity contribution >= 4 is 17.7 Å². The molecule has 7 heteroatoms. The van der Waals surface area contributed by atoms with E-state index in [0.717, 1.165) is 5.56 Å². The predicted molar refractivity (Wildman–Crippen MR) is 83.1 cm³/mol. The van der Waals surface area contributed by atoms with Crippen molar-refractivity contribution in [1.29, 1.82) is 0 Å². The number of hydrogen-bond acceptors (Lipinski definition) is 4. The van der Waals surface area contributed by atoms with Gasteiger partial charge in [0.05, 0.1) is 13.1 Å². The molecule has 0 aromatic heterocycles. The van der Waals surface area contributed by atoms with E-state index in [4.69, 9.17) is 0 Å². The molecule has 0 radical (unpaired) electrons. The summed E-state index contributed by atoms with van der Waals surface area (Å²) in [5.74, 6) is -0.969. The van der Waals surface area contributed by atoms with Crippen LogP contribution in [0.25, 0.3) is 0 Å². The fraction of sp³-hybridized carbons (Fsp3) is 0.400. The van der Waals surface area contributed by atoms with Gasteiger partial charge in [0.25, 0.3) is 0 Å². The second-order valence-electron chi connectivity index (χ2n) is 4.73. The second kappa shape index (κ2) is 9.51. The maximum Gasteiger partial charge on any atom is 0.243 e. The molecule has 0 bridgehead atoms. The Morgan fingerprint density at radius 2 is 1.68 bits per heavy atom. The Kier molecular flexibility index (Phi) is 7.63. The van der Waals surface area contributed by atoms with Gasteiger partial charge in [0.1, 0.15) is 6.04 Å². The summed E-state index contributed by atoms with van der Waals surface area (Å²) < 4.78 is 0. The van der Waals surface area contributed by atoms with Crippen molar-refractivity contribution in [1.82, 2.24) is 21.3 Å². The highest BCUT2D eigenvalue weighted by Gasteiger charge is 2.21. The molecule has 0 fully saturated rings. The lowest BCUT2D eigenvalue weighted by Gasteiger charge is -2.18. The molecular formula is C15H22N4O3. The number of hydrogen-bond donors (Lipinski definition) is 4. The largest absolute Gasteiger partial charge is 0.358 e. The number of benzene rings is 1.